The fourth-order valence-electron chi connectivity index (χ4n) is 2.12. The van der Waals surface area contributed by atoms with E-state index in [1.807, 2.05) is 31.2 Å². The SMILES string of the molecule is CCc1cnc(CNCc2c(Cl)oc3ccccc23)o1. The third kappa shape index (κ3) is 2.57. The van der Waals surface area contributed by atoms with Gasteiger partial charge in [-0.15, -0.1) is 0 Å². The monoisotopic (exact) mass is 290 g/mol. The first-order chi connectivity index (χ1) is 9.78. The second kappa shape index (κ2) is 5.69. The number of nitrogens with zero attached hydrogens (tertiary/aromatic N) is 1. The molecule has 0 aliphatic heterocycles. The van der Waals surface area contributed by atoms with E-state index in [4.69, 9.17) is 20.4 Å². The van der Waals surface area contributed by atoms with E-state index in [2.05, 4.69) is 10.3 Å². The maximum atomic E-state index is 6.13. The number of furan rings is 1. The van der Waals surface area contributed by atoms with Crippen molar-refractivity contribution < 1.29 is 8.83 Å². The van der Waals surface area contributed by atoms with Gasteiger partial charge in [0.15, 0.2) is 5.22 Å². The van der Waals surface area contributed by atoms with Gasteiger partial charge in [-0.3, -0.25) is 0 Å². The molecule has 0 radical (unpaired) electrons. The van der Waals surface area contributed by atoms with Crippen molar-refractivity contribution in [1.29, 1.82) is 0 Å². The normalized spacial score (nSPS) is 11.3. The number of aromatic nitrogens is 1. The molecule has 2 heterocycles. The van der Waals surface area contributed by atoms with Gasteiger partial charge in [-0.05, 0) is 17.7 Å². The summed E-state index contributed by atoms with van der Waals surface area (Å²) in [7, 11) is 0. The van der Waals surface area contributed by atoms with Crippen molar-refractivity contribution in [2.75, 3.05) is 0 Å². The van der Waals surface area contributed by atoms with Gasteiger partial charge in [0.1, 0.15) is 11.3 Å². The summed E-state index contributed by atoms with van der Waals surface area (Å²) in [5, 5.41) is 4.74. The zero-order valence-corrected chi connectivity index (χ0v) is 11.9. The van der Waals surface area contributed by atoms with Crippen molar-refractivity contribution in [3.05, 3.63) is 52.9 Å². The van der Waals surface area contributed by atoms with Crippen molar-refractivity contribution in [2.24, 2.45) is 0 Å². The summed E-state index contributed by atoms with van der Waals surface area (Å²) in [4.78, 5) is 4.21. The van der Waals surface area contributed by atoms with Gasteiger partial charge in [-0.1, -0.05) is 25.1 Å². The predicted molar refractivity (Wildman–Crippen MR) is 77.6 cm³/mol. The average Bonchev–Trinajstić information content (AvgIpc) is 3.04. The van der Waals surface area contributed by atoms with Crippen LogP contribution in [0.5, 0.6) is 0 Å². The Bertz CT molecular complexity index is 718. The minimum absolute atomic E-state index is 0.431. The third-order valence-corrected chi connectivity index (χ3v) is 3.48. The number of rotatable bonds is 5. The lowest BCUT2D eigenvalue weighted by atomic mass is 10.2. The molecule has 0 fully saturated rings. The van der Waals surface area contributed by atoms with Crippen molar-refractivity contribution in [2.45, 2.75) is 26.4 Å². The van der Waals surface area contributed by atoms with Crippen LogP contribution in [0.25, 0.3) is 11.0 Å². The fourth-order valence-corrected chi connectivity index (χ4v) is 2.37. The van der Waals surface area contributed by atoms with Crippen LogP contribution >= 0.6 is 11.6 Å². The molecule has 3 rings (SSSR count). The molecular weight excluding hydrogens is 276 g/mol. The first-order valence-corrected chi connectivity index (χ1v) is 6.96. The molecule has 0 amide bonds. The molecule has 3 aromatic rings. The molecule has 2 aromatic heterocycles. The largest absolute Gasteiger partial charge is 0.444 e. The summed E-state index contributed by atoms with van der Waals surface area (Å²) in [6.07, 6.45) is 2.61. The second-order valence-corrected chi connectivity index (χ2v) is 4.87. The Morgan fingerprint density at radius 1 is 1.20 bits per heavy atom. The zero-order valence-electron chi connectivity index (χ0n) is 11.1. The third-order valence-electron chi connectivity index (χ3n) is 3.18. The van der Waals surface area contributed by atoms with Gasteiger partial charge in [-0.2, -0.15) is 0 Å². The van der Waals surface area contributed by atoms with Crippen LogP contribution in [0, 0.1) is 0 Å². The molecule has 0 atom stereocenters. The molecule has 1 aromatic carbocycles. The quantitative estimate of drug-likeness (QED) is 0.773. The van der Waals surface area contributed by atoms with Gasteiger partial charge in [0.25, 0.3) is 0 Å². The Labute approximate surface area is 121 Å². The van der Waals surface area contributed by atoms with E-state index in [0.717, 1.165) is 28.7 Å². The highest BCUT2D eigenvalue weighted by Gasteiger charge is 2.11. The minimum atomic E-state index is 0.431. The molecule has 104 valence electrons. The van der Waals surface area contributed by atoms with Gasteiger partial charge in [-0.25, -0.2) is 4.98 Å². The van der Waals surface area contributed by atoms with Crippen LogP contribution in [-0.2, 0) is 19.5 Å². The number of fused-ring (bicyclic) bond motifs is 1. The van der Waals surface area contributed by atoms with E-state index >= 15 is 0 Å². The molecular formula is C15H15ClN2O2. The lowest BCUT2D eigenvalue weighted by molar-refractivity contribution is 0.438. The van der Waals surface area contributed by atoms with Crippen LogP contribution in [0.15, 0.2) is 39.3 Å². The number of aryl methyl sites for hydroxylation is 1. The van der Waals surface area contributed by atoms with Crippen LogP contribution in [-0.4, -0.2) is 4.98 Å². The van der Waals surface area contributed by atoms with Gasteiger partial charge >= 0.3 is 0 Å². The first kappa shape index (κ1) is 13.2. The summed E-state index contributed by atoms with van der Waals surface area (Å²) >= 11 is 6.13. The molecule has 0 aliphatic rings. The average molecular weight is 291 g/mol. The highest BCUT2D eigenvalue weighted by molar-refractivity contribution is 6.30. The number of nitrogens with one attached hydrogen (secondary N) is 1. The zero-order chi connectivity index (χ0) is 13.9. The number of oxazole rings is 1. The number of benzene rings is 1. The van der Waals surface area contributed by atoms with E-state index in [-0.39, 0.29) is 0 Å². The van der Waals surface area contributed by atoms with Gasteiger partial charge in [0.2, 0.25) is 5.89 Å². The van der Waals surface area contributed by atoms with Crippen LogP contribution < -0.4 is 5.32 Å². The number of hydrogen-bond donors (Lipinski definition) is 1. The Hall–Kier alpha value is -1.78. The first-order valence-electron chi connectivity index (χ1n) is 6.58. The molecule has 5 heteroatoms. The van der Waals surface area contributed by atoms with Crippen LogP contribution in [0.2, 0.25) is 5.22 Å². The van der Waals surface area contributed by atoms with E-state index in [1.54, 1.807) is 6.20 Å². The molecule has 0 spiro atoms. The molecule has 0 saturated heterocycles. The Kier molecular flexibility index (Phi) is 3.76. The lowest BCUT2D eigenvalue weighted by Crippen LogP contribution is -2.12. The fraction of sp³-hybridized carbons (Fsp3) is 0.267. The summed E-state index contributed by atoms with van der Waals surface area (Å²) in [6.45, 7) is 3.21. The Morgan fingerprint density at radius 3 is 2.85 bits per heavy atom. The van der Waals surface area contributed by atoms with Crippen molar-refractivity contribution >= 4 is 22.6 Å². The molecule has 1 N–H and O–H groups in total. The van der Waals surface area contributed by atoms with E-state index < -0.39 is 0 Å². The van der Waals surface area contributed by atoms with Gasteiger partial charge in [0.05, 0.1) is 12.7 Å². The number of hydrogen-bond acceptors (Lipinski definition) is 4. The topological polar surface area (TPSA) is 51.2 Å². The molecule has 4 nitrogen and oxygen atoms in total. The summed E-state index contributed by atoms with van der Waals surface area (Å²) in [5.74, 6) is 1.58. The maximum absolute atomic E-state index is 6.13. The van der Waals surface area contributed by atoms with E-state index in [9.17, 15) is 0 Å². The van der Waals surface area contributed by atoms with Crippen LogP contribution in [0.1, 0.15) is 24.1 Å². The highest BCUT2D eigenvalue weighted by atomic mass is 35.5. The van der Waals surface area contributed by atoms with Crippen molar-refractivity contribution in [3.63, 3.8) is 0 Å². The van der Waals surface area contributed by atoms with Crippen molar-refractivity contribution in [3.8, 4) is 0 Å². The summed E-state index contributed by atoms with van der Waals surface area (Å²) in [5.41, 5.74) is 1.77. The number of halogens is 1. The smallest absolute Gasteiger partial charge is 0.208 e. The van der Waals surface area contributed by atoms with Gasteiger partial charge in [0, 0.05) is 23.9 Å². The molecule has 0 unspecified atom stereocenters. The van der Waals surface area contributed by atoms with E-state index in [1.165, 1.54) is 0 Å². The number of para-hydroxylation sites is 1. The molecule has 0 saturated carbocycles. The van der Waals surface area contributed by atoms with E-state index in [0.29, 0.717) is 24.2 Å². The highest BCUT2D eigenvalue weighted by Crippen LogP contribution is 2.29. The Morgan fingerprint density at radius 2 is 2.05 bits per heavy atom. The Balaban J connectivity index is 1.69. The second-order valence-electron chi connectivity index (χ2n) is 4.53. The standard InChI is InChI=1S/C15H15ClN2O2/c1-2-10-7-18-14(19-10)9-17-8-12-11-5-3-4-6-13(11)20-15(12)16/h3-7,17H,2,8-9H2,1H3. The minimum Gasteiger partial charge on any atom is -0.444 e. The van der Waals surface area contributed by atoms with Crippen LogP contribution in [0.3, 0.4) is 0 Å². The van der Waals surface area contributed by atoms with Crippen molar-refractivity contribution in [1.82, 2.24) is 10.3 Å². The lowest BCUT2D eigenvalue weighted by Gasteiger charge is -2.01. The molecule has 0 bridgehead atoms. The summed E-state index contributed by atoms with van der Waals surface area (Å²) < 4.78 is 11.0. The predicted octanol–water partition coefficient (Wildman–Crippen LogP) is 3.93. The molecule has 20 heavy (non-hydrogen) atoms. The summed E-state index contributed by atoms with van der Waals surface area (Å²) in [6, 6.07) is 7.81. The van der Waals surface area contributed by atoms with Gasteiger partial charge < -0.3 is 14.2 Å². The maximum Gasteiger partial charge on any atom is 0.208 e. The molecule has 0 aliphatic carbocycles. The van der Waals surface area contributed by atoms with Crippen LogP contribution in [0.4, 0.5) is 0 Å².